The smallest absolute Gasteiger partial charge is 0.493 e. The molecule has 6 rings (SSSR count). The molecule has 0 aliphatic carbocycles. The summed E-state index contributed by atoms with van der Waals surface area (Å²) in [6.45, 7) is 1.06. The van der Waals surface area contributed by atoms with Gasteiger partial charge in [-0.2, -0.15) is 0 Å². The number of aromatic nitrogens is 1. The lowest BCUT2D eigenvalue weighted by Gasteiger charge is -2.10. The summed E-state index contributed by atoms with van der Waals surface area (Å²) in [5.74, 6) is 1.94. The number of H-pyrrole nitrogens is 1. The quantitative estimate of drug-likeness (QED) is 0.123. The molecule has 0 radical (unpaired) electrons. The third-order valence-electron chi connectivity index (χ3n) is 7.31. The number of carbonyl (C=O) groups is 1. The summed E-state index contributed by atoms with van der Waals surface area (Å²) in [6, 6.07) is 38.3. The Labute approximate surface area is 244 Å². The highest BCUT2D eigenvalue weighted by molar-refractivity contribution is 5.98. The summed E-state index contributed by atoms with van der Waals surface area (Å²) in [7, 11) is 0. The molecule has 0 saturated carbocycles. The van der Waals surface area contributed by atoms with Gasteiger partial charge in [0.15, 0.2) is 0 Å². The number of hydrogen-bond donors (Lipinski definition) is 2. The fourth-order valence-corrected chi connectivity index (χ4v) is 5.36. The van der Waals surface area contributed by atoms with Gasteiger partial charge in [-0.25, -0.2) is 4.79 Å². The van der Waals surface area contributed by atoms with Crippen LogP contribution in [0.15, 0.2) is 115 Å². The van der Waals surface area contributed by atoms with Crippen molar-refractivity contribution in [2.75, 3.05) is 13.2 Å². The van der Waals surface area contributed by atoms with Crippen LogP contribution < -0.4 is 14.2 Å². The van der Waals surface area contributed by atoms with Gasteiger partial charge >= 0.3 is 6.16 Å². The molecule has 0 aliphatic rings. The molecule has 6 heteroatoms. The largest absolute Gasteiger partial charge is 0.512 e. The van der Waals surface area contributed by atoms with Crippen molar-refractivity contribution < 1.29 is 24.1 Å². The van der Waals surface area contributed by atoms with Crippen molar-refractivity contribution in [2.24, 2.45) is 0 Å². The lowest BCUT2D eigenvalue weighted by atomic mass is 9.98. The van der Waals surface area contributed by atoms with Gasteiger partial charge in [0.2, 0.25) is 5.88 Å². The molecule has 0 aliphatic heterocycles. The first-order valence-electron chi connectivity index (χ1n) is 14.1. The number of aromatic amines is 1. The van der Waals surface area contributed by atoms with Crippen molar-refractivity contribution in [3.63, 3.8) is 0 Å². The van der Waals surface area contributed by atoms with E-state index < -0.39 is 6.16 Å². The lowest BCUT2D eigenvalue weighted by molar-refractivity contribution is 0.142. The van der Waals surface area contributed by atoms with Crippen molar-refractivity contribution >= 4 is 27.8 Å². The first-order chi connectivity index (χ1) is 20.7. The Hall–Kier alpha value is -5.23. The fourth-order valence-electron chi connectivity index (χ4n) is 5.36. The van der Waals surface area contributed by atoms with E-state index >= 15 is 0 Å². The van der Waals surface area contributed by atoms with Gasteiger partial charge in [0.25, 0.3) is 0 Å². The predicted molar refractivity (Wildman–Crippen MR) is 166 cm³/mol. The van der Waals surface area contributed by atoms with Gasteiger partial charge in [-0.05, 0) is 47.6 Å². The van der Waals surface area contributed by atoms with Crippen molar-refractivity contribution in [3.05, 3.63) is 126 Å². The second-order valence-corrected chi connectivity index (χ2v) is 10.1. The minimum atomic E-state index is -1.35. The summed E-state index contributed by atoms with van der Waals surface area (Å²) >= 11 is 0. The molecule has 42 heavy (non-hydrogen) atoms. The summed E-state index contributed by atoms with van der Waals surface area (Å²) in [6.07, 6.45) is 0.691. The summed E-state index contributed by atoms with van der Waals surface area (Å²) in [5.41, 5.74) is 4.83. The van der Waals surface area contributed by atoms with E-state index in [1.165, 1.54) is 0 Å². The Morgan fingerprint density at radius 2 is 1.48 bits per heavy atom. The molecule has 210 valence electrons. The highest BCUT2D eigenvalue weighted by Crippen LogP contribution is 2.36. The Morgan fingerprint density at radius 3 is 2.36 bits per heavy atom. The maximum atomic E-state index is 11.6. The van der Waals surface area contributed by atoms with Crippen LogP contribution in [-0.4, -0.2) is 29.5 Å². The first-order valence-corrected chi connectivity index (χ1v) is 14.1. The normalized spacial score (nSPS) is 11.0. The van der Waals surface area contributed by atoms with Crippen LogP contribution in [0.1, 0.15) is 17.5 Å². The van der Waals surface area contributed by atoms with Crippen LogP contribution in [0.2, 0.25) is 0 Å². The monoisotopic (exact) mass is 557 g/mol. The number of rotatable bonds is 11. The van der Waals surface area contributed by atoms with E-state index in [-0.39, 0.29) is 5.88 Å². The Morgan fingerprint density at radius 1 is 0.714 bits per heavy atom. The third-order valence-corrected chi connectivity index (χ3v) is 7.31. The molecule has 6 aromatic rings. The maximum absolute atomic E-state index is 11.6. The average molecular weight is 558 g/mol. The highest BCUT2D eigenvalue weighted by Gasteiger charge is 2.18. The van der Waals surface area contributed by atoms with Gasteiger partial charge in [0, 0.05) is 28.3 Å². The lowest BCUT2D eigenvalue weighted by Crippen LogP contribution is -2.06. The van der Waals surface area contributed by atoms with Crippen molar-refractivity contribution in [2.45, 2.75) is 19.3 Å². The standard InChI is InChI=1S/C36H31NO5/c38-36(39)42-35-32(19-9-22-41-33-20-7-12-26-11-4-5-16-29(26)33)31-18-8-17-30(34(31)37-35)27-13-6-10-25(24-27)21-23-40-28-14-2-1-3-15-28/h1-8,10-18,20,24,37H,9,19,21-23H2,(H,38,39). The molecule has 1 heterocycles. The number of benzene rings is 5. The van der Waals surface area contributed by atoms with Gasteiger partial charge in [0.05, 0.1) is 18.7 Å². The van der Waals surface area contributed by atoms with E-state index in [1.807, 2.05) is 78.9 Å². The van der Waals surface area contributed by atoms with Crippen molar-refractivity contribution in [1.29, 1.82) is 0 Å². The van der Waals surface area contributed by atoms with Crippen LogP contribution in [-0.2, 0) is 12.8 Å². The van der Waals surface area contributed by atoms with Crippen LogP contribution in [0.25, 0.3) is 32.8 Å². The summed E-state index contributed by atoms with van der Waals surface area (Å²) in [5, 5.41) is 12.6. The van der Waals surface area contributed by atoms with E-state index in [0.717, 1.165) is 61.8 Å². The minimum absolute atomic E-state index is 0.252. The molecule has 0 unspecified atom stereocenters. The second-order valence-electron chi connectivity index (χ2n) is 10.1. The van der Waals surface area contributed by atoms with Crippen LogP contribution in [0.5, 0.6) is 17.4 Å². The summed E-state index contributed by atoms with van der Waals surface area (Å²) in [4.78, 5) is 14.8. The first kappa shape index (κ1) is 27.0. The number of hydrogen-bond acceptors (Lipinski definition) is 4. The zero-order chi connectivity index (χ0) is 28.7. The van der Waals surface area contributed by atoms with Crippen LogP contribution in [0.3, 0.4) is 0 Å². The highest BCUT2D eigenvalue weighted by atomic mass is 16.7. The van der Waals surface area contributed by atoms with Crippen LogP contribution in [0, 0.1) is 0 Å². The molecule has 0 fully saturated rings. The molecule has 0 saturated heterocycles. The molecule has 1 aromatic heterocycles. The van der Waals surface area contributed by atoms with E-state index in [4.69, 9.17) is 14.2 Å². The van der Waals surface area contributed by atoms with E-state index in [2.05, 4.69) is 41.4 Å². The number of nitrogens with one attached hydrogen (secondary N) is 1. The molecule has 0 atom stereocenters. The number of carboxylic acid groups (broad SMARTS) is 1. The topological polar surface area (TPSA) is 80.8 Å². The van der Waals surface area contributed by atoms with Crippen LogP contribution in [0.4, 0.5) is 4.79 Å². The fraction of sp³-hybridized carbons (Fsp3) is 0.139. The number of fused-ring (bicyclic) bond motifs is 2. The number of para-hydroxylation sites is 2. The molecular weight excluding hydrogens is 526 g/mol. The van der Waals surface area contributed by atoms with E-state index in [1.54, 1.807) is 0 Å². The van der Waals surface area contributed by atoms with Gasteiger partial charge in [-0.1, -0.05) is 97.1 Å². The molecule has 0 amide bonds. The SMILES string of the molecule is O=C(O)Oc1[nH]c2c(-c3cccc(CCOc4ccccc4)c3)cccc2c1CCCOc1cccc2ccccc12. The molecular formula is C36H31NO5. The Bertz CT molecular complexity index is 1820. The molecule has 2 N–H and O–H groups in total. The minimum Gasteiger partial charge on any atom is -0.493 e. The Balaban J connectivity index is 1.21. The summed E-state index contributed by atoms with van der Waals surface area (Å²) < 4.78 is 17.2. The van der Waals surface area contributed by atoms with E-state index in [0.29, 0.717) is 26.1 Å². The van der Waals surface area contributed by atoms with Gasteiger partial charge < -0.3 is 24.3 Å². The van der Waals surface area contributed by atoms with Crippen molar-refractivity contribution in [1.82, 2.24) is 4.98 Å². The van der Waals surface area contributed by atoms with Gasteiger partial charge in [-0.15, -0.1) is 0 Å². The zero-order valence-electron chi connectivity index (χ0n) is 23.1. The molecule has 5 aromatic carbocycles. The third kappa shape index (κ3) is 6.08. The number of aryl methyl sites for hydroxylation is 1. The van der Waals surface area contributed by atoms with Crippen LogP contribution >= 0.6 is 0 Å². The maximum Gasteiger partial charge on any atom is 0.512 e. The Kier molecular flexibility index (Phi) is 8.04. The molecule has 0 bridgehead atoms. The average Bonchev–Trinajstić information content (AvgIpc) is 3.36. The zero-order valence-corrected chi connectivity index (χ0v) is 23.1. The second kappa shape index (κ2) is 12.5. The molecule has 0 spiro atoms. The van der Waals surface area contributed by atoms with Gasteiger partial charge in [-0.3, -0.25) is 0 Å². The molecule has 6 nitrogen and oxygen atoms in total. The van der Waals surface area contributed by atoms with Crippen molar-refractivity contribution in [3.8, 4) is 28.5 Å². The predicted octanol–water partition coefficient (Wildman–Crippen LogP) is 8.68. The van der Waals surface area contributed by atoms with E-state index in [9.17, 15) is 9.90 Å². The van der Waals surface area contributed by atoms with Gasteiger partial charge in [0.1, 0.15) is 11.5 Å². The number of ether oxygens (including phenoxy) is 3.